The number of benzene rings is 1. The van der Waals surface area contributed by atoms with Crippen molar-refractivity contribution in [2.45, 2.75) is 39.7 Å². The maximum Gasteiger partial charge on any atom is 0.257 e. The Hall–Kier alpha value is -3.22. The van der Waals surface area contributed by atoms with E-state index in [2.05, 4.69) is 41.1 Å². The number of aryl methyl sites for hydroxylation is 1. The van der Waals surface area contributed by atoms with Crippen LogP contribution in [0.4, 0.5) is 0 Å². The molecule has 1 aromatic carbocycles. The summed E-state index contributed by atoms with van der Waals surface area (Å²) in [7, 11) is 0. The monoisotopic (exact) mass is 364 g/mol. The van der Waals surface area contributed by atoms with Gasteiger partial charge in [0.2, 0.25) is 5.89 Å². The molecule has 0 aliphatic heterocycles. The number of hydrogen-bond donors (Lipinski definition) is 0. The fourth-order valence-corrected chi connectivity index (χ4v) is 2.89. The van der Waals surface area contributed by atoms with E-state index in [9.17, 15) is 0 Å². The molecule has 0 unspecified atom stereocenters. The highest BCUT2D eigenvalue weighted by atomic mass is 16.5. The van der Waals surface area contributed by atoms with Gasteiger partial charge in [0, 0.05) is 6.20 Å². The summed E-state index contributed by atoms with van der Waals surface area (Å²) >= 11 is 0. The molecule has 0 radical (unpaired) electrons. The Balaban J connectivity index is 1.55. The average molecular weight is 364 g/mol. The molecule has 0 aliphatic rings. The van der Waals surface area contributed by atoms with Crippen LogP contribution in [0, 0.1) is 0 Å². The van der Waals surface area contributed by atoms with E-state index >= 15 is 0 Å². The molecule has 27 heavy (non-hydrogen) atoms. The van der Waals surface area contributed by atoms with Crippen LogP contribution >= 0.6 is 0 Å². The number of pyridine rings is 1. The van der Waals surface area contributed by atoms with Crippen LogP contribution in [0.2, 0.25) is 0 Å². The van der Waals surface area contributed by atoms with Crippen molar-refractivity contribution in [2.75, 3.05) is 0 Å². The summed E-state index contributed by atoms with van der Waals surface area (Å²) in [6.07, 6.45) is 2.54. The lowest BCUT2D eigenvalue weighted by Gasteiger charge is -2.07. The van der Waals surface area contributed by atoms with E-state index in [1.807, 2.05) is 30.3 Å². The molecule has 0 amide bonds. The third kappa shape index (κ3) is 3.40. The molecule has 0 fully saturated rings. The number of para-hydroxylation sites is 1. The van der Waals surface area contributed by atoms with Crippen molar-refractivity contribution < 1.29 is 13.7 Å². The molecule has 138 valence electrons. The van der Waals surface area contributed by atoms with Crippen LogP contribution in [0.5, 0.6) is 5.75 Å². The Morgan fingerprint density at radius 1 is 1.15 bits per heavy atom. The van der Waals surface area contributed by atoms with Gasteiger partial charge in [-0.05, 0) is 30.0 Å². The minimum Gasteiger partial charge on any atom is -0.484 e. The minimum atomic E-state index is 0.212. The van der Waals surface area contributed by atoms with Crippen molar-refractivity contribution in [3.8, 4) is 17.2 Å². The highest BCUT2D eigenvalue weighted by Crippen LogP contribution is 2.28. The first-order valence-electron chi connectivity index (χ1n) is 8.94. The zero-order valence-electron chi connectivity index (χ0n) is 15.5. The molecule has 0 bridgehead atoms. The summed E-state index contributed by atoms with van der Waals surface area (Å²) in [6.45, 7) is 6.41. The topological polar surface area (TPSA) is 87.1 Å². The van der Waals surface area contributed by atoms with Crippen LogP contribution in [-0.4, -0.2) is 20.3 Å². The predicted octanol–water partition coefficient (Wildman–Crippen LogP) is 4.54. The molecule has 7 heteroatoms. The van der Waals surface area contributed by atoms with Crippen LogP contribution in [0.1, 0.15) is 43.8 Å². The van der Waals surface area contributed by atoms with Gasteiger partial charge in [-0.1, -0.05) is 44.1 Å². The summed E-state index contributed by atoms with van der Waals surface area (Å²) < 4.78 is 16.9. The maximum absolute atomic E-state index is 5.83. The van der Waals surface area contributed by atoms with E-state index in [1.54, 1.807) is 6.20 Å². The van der Waals surface area contributed by atoms with E-state index in [-0.39, 0.29) is 12.5 Å². The molecule has 0 N–H and O–H groups in total. The highest BCUT2D eigenvalue weighted by Gasteiger charge is 2.16. The van der Waals surface area contributed by atoms with Crippen molar-refractivity contribution >= 4 is 11.1 Å². The first-order chi connectivity index (χ1) is 13.2. The Morgan fingerprint density at radius 3 is 2.81 bits per heavy atom. The molecule has 3 aromatic heterocycles. The third-order valence-electron chi connectivity index (χ3n) is 4.32. The second-order valence-corrected chi connectivity index (χ2v) is 6.55. The van der Waals surface area contributed by atoms with Gasteiger partial charge in [0.1, 0.15) is 5.75 Å². The van der Waals surface area contributed by atoms with Gasteiger partial charge in [0.15, 0.2) is 6.61 Å². The van der Waals surface area contributed by atoms with Gasteiger partial charge < -0.3 is 13.7 Å². The second kappa shape index (κ2) is 7.19. The van der Waals surface area contributed by atoms with Crippen molar-refractivity contribution in [1.29, 1.82) is 0 Å². The Morgan fingerprint density at radius 2 is 2.00 bits per heavy atom. The minimum absolute atomic E-state index is 0.212. The zero-order valence-corrected chi connectivity index (χ0v) is 15.5. The summed E-state index contributed by atoms with van der Waals surface area (Å²) in [5.41, 5.74) is 3.22. The van der Waals surface area contributed by atoms with Gasteiger partial charge in [-0.25, -0.2) is 4.98 Å². The first kappa shape index (κ1) is 17.2. The lowest BCUT2D eigenvalue weighted by Crippen LogP contribution is -1.98. The molecule has 4 aromatic rings. The van der Waals surface area contributed by atoms with E-state index in [1.165, 1.54) is 0 Å². The maximum atomic E-state index is 5.83. The Bertz CT molecular complexity index is 1070. The lowest BCUT2D eigenvalue weighted by atomic mass is 10.1. The van der Waals surface area contributed by atoms with Gasteiger partial charge in [-0.2, -0.15) is 0 Å². The van der Waals surface area contributed by atoms with Crippen molar-refractivity contribution in [3.05, 3.63) is 53.7 Å². The van der Waals surface area contributed by atoms with Gasteiger partial charge in [-0.15, -0.1) is 10.2 Å². The van der Waals surface area contributed by atoms with Crippen molar-refractivity contribution in [1.82, 2.24) is 20.3 Å². The molecule has 4 rings (SSSR count). The van der Waals surface area contributed by atoms with Gasteiger partial charge in [-0.3, -0.25) is 0 Å². The van der Waals surface area contributed by atoms with Gasteiger partial charge in [0.25, 0.3) is 11.6 Å². The number of nitrogens with zero attached hydrogens (tertiary/aromatic N) is 4. The number of ether oxygens (including phenoxy) is 1. The fraction of sp³-hybridized carbons (Fsp3) is 0.300. The van der Waals surface area contributed by atoms with E-state index < -0.39 is 0 Å². The molecule has 0 saturated heterocycles. The fourth-order valence-electron chi connectivity index (χ4n) is 2.89. The van der Waals surface area contributed by atoms with Crippen LogP contribution in [0.3, 0.4) is 0 Å². The summed E-state index contributed by atoms with van der Waals surface area (Å²) in [5, 5.41) is 13.1. The third-order valence-corrected chi connectivity index (χ3v) is 4.32. The first-order valence-corrected chi connectivity index (χ1v) is 8.94. The molecular formula is C20H20N4O3. The van der Waals surface area contributed by atoms with Crippen LogP contribution in [0.25, 0.3) is 22.6 Å². The van der Waals surface area contributed by atoms with Crippen LogP contribution in [0.15, 0.2) is 45.5 Å². The SMILES string of the molecule is CCc1ccccc1OCc1nnc(-c2cnc3onc(C(C)C)c3c2)o1. The molecule has 7 nitrogen and oxygen atoms in total. The van der Waals surface area contributed by atoms with E-state index in [0.29, 0.717) is 17.5 Å². The van der Waals surface area contributed by atoms with Crippen LogP contribution < -0.4 is 4.74 Å². The Labute approximate surface area is 156 Å². The number of fused-ring (bicyclic) bond motifs is 1. The second-order valence-electron chi connectivity index (χ2n) is 6.55. The van der Waals surface area contributed by atoms with Gasteiger partial charge in [0.05, 0.1) is 16.6 Å². The molecular weight excluding hydrogens is 344 g/mol. The molecule has 0 atom stereocenters. The summed E-state index contributed by atoms with van der Waals surface area (Å²) in [5.74, 6) is 1.86. The van der Waals surface area contributed by atoms with Gasteiger partial charge >= 0.3 is 0 Å². The summed E-state index contributed by atoms with van der Waals surface area (Å²) in [6, 6.07) is 9.84. The number of aromatic nitrogens is 4. The normalized spacial score (nSPS) is 11.4. The van der Waals surface area contributed by atoms with Crippen molar-refractivity contribution in [3.63, 3.8) is 0 Å². The van der Waals surface area contributed by atoms with Crippen molar-refractivity contribution in [2.24, 2.45) is 0 Å². The average Bonchev–Trinajstić information content (AvgIpc) is 3.33. The lowest BCUT2D eigenvalue weighted by molar-refractivity contribution is 0.262. The number of hydrogen-bond acceptors (Lipinski definition) is 7. The summed E-state index contributed by atoms with van der Waals surface area (Å²) in [4.78, 5) is 4.30. The quantitative estimate of drug-likeness (QED) is 0.496. The molecule has 3 heterocycles. The molecule has 0 spiro atoms. The highest BCUT2D eigenvalue weighted by molar-refractivity contribution is 5.80. The standard InChI is InChI=1S/C20H20N4O3/c1-4-13-7-5-6-8-16(13)25-11-17-22-23-19(26-17)14-9-15-18(12(2)3)24-27-20(15)21-10-14/h5-10,12H,4,11H2,1-3H3. The predicted molar refractivity (Wildman–Crippen MR) is 99.3 cm³/mol. The van der Waals surface area contributed by atoms with E-state index in [0.717, 1.165) is 34.4 Å². The largest absolute Gasteiger partial charge is 0.484 e. The molecule has 0 aliphatic carbocycles. The zero-order chi connectivity index (χ0) is 18.8. The smallest absolute Gasteiger partial charge is 0.257 e. The van der Waals surface area contributed by atoms with E-state index in [4.69, 9.17) is 13.7 Å². The molecule has 0 saturated carbocycles. The number of rotatable bonds is 6. The Kier molecular flexibility index (Phi) is 4.58. The van der Waals surface area contributed by atoms with Crippen LogP contribution in [-0.2, 0) is 13.0 Å².